The van der Waals surface area contributed by atoms with Crippen LogP contribution in [-0.4, -0.2) is 27.2 Å². The molecule has 0 aliphatic carbocycles. The Balaban J connectivity index is 2.39. The van der Waals surface area contributed by atoms with E-state index in [1.54, 1.807) is 22.5 Å². The van der Waals surface area contributed by atoms with E-state index in [0.29, 0.717) is 28.1 Å². The van der Waals surface area contributed by atoms with Crippen molar-refractivity contribution in [1.82, 2.24) is 4.31 Å². The zero-order valence-electron chi connectivity index (χ0n) is 11.0. The summed E-state index contributed by atoms with van der Waals surface area (Å²) in [6.45, 7) is 4.11. The SMILES string of the molecule is CC(C)C(=O)C1(S)CN(S)C1=Nc1cc(Cl)cc(Cl)c1. The summed E-state index contributed by atoms with van der Waals surface area (Å²) >= 11 is 20.7. The Morgan fingerprint density at radius 3 is 2.35 bits per heavy atom. The van der Waals surface area contributed by atoms with E-state index in [1.807, 2.05) is 13.8 Å². The average molecular weight is 349 g/mol. The maximum Gasteiger partial charge on any atom is 0.160 e. The highest BCUT2D eigenvalue weighted by molar-refractivity contribution is 7.85. The van der Waals surface area contributed by atoms with E-state index in [2.05, 4.69) is 30.4 Å². The zero-order chi connectivity index (χ0) is 15.1. The van der Waals surface area contributed by atoms with Gasteiger partial charge in [-0.3, -0.25) is 4.79 Å². The summed E-state index contributed by atoms with van der Waals surface area (Å²) in [7, 11) is 0. The first kappa shape index (κ1) is 16.0. The van der Waals surface area contributed by atoms with Crippen LogP contribution in [0.1, 0.15) is 13.8 Å². The molecule has 7 heteroatoms. The Labute approximate surface area is 139 Å². The Morgan fingerprint density at radius 1 is 1.35 bits per heavy atom. The number of hydrogen-bond donors (Lipinski definition) is 2. The molecular weight excluding hydrogens is 335 g/mol. The van der Waals surface area contributed by atoms with Gasteiger partial charge in [0.2, 0.25) is 0 Å². The van der Waals surface area contributed by atoms with Gasteiger partial charge in [0.05, 0.1) is 12.2 Å². The lowest BCUT2D eigenvalue weighted by Crippen LogP contribution is -2.64. The number of hydrogen-bond acceptors (Lipinski definition) is 4. The lowest BCUT2D eigenvalue weighted by atomic mass is 9.88. The predicted molar refractivity (Wildman–Crippen MR) is 90.8 cm³/mol. The molecule has 20 heavy (non-hydrogen) atoms. The minimum Gasteiger partial charge on any atom is -0.303 e. The number of carbonyl (C=O) groups excluding carboxylic acids is 1. The number of ketones is 1. The van der Waals surface area contributed by atoms with Gasteiger partial charge in [0.1, 0.15) is 10.6 Å². The van der Waals surface area contributed by atoms with Crippen LogP contribution in [0.3, 0.4) is 0 Å². The monoisotopic (exact) mass is 348 g/mol. The normalized spacial score (nSPS) is 24.1. The molecule has 1 aromatic carbocycles. The molecule has 1 aliphatic rings. The van der Waals surface area contributed by atoms with Gasteiger partial charge in [-0.15, -0.1) is 0 Å². The van der Waals surface area contributed by atoms with E-state index in [9.17, 15) is 4.79 Å². The summed E-state index contributed by atoms with van der Waals surface area (Å²) in [5.74, 6) is 0.405. The van der Waals surface area contributed by atoms with Crippen LogP contribution < -0.4 is 0 Å². The number of nitrogens with zero attached hydrogens (tertiary/aromatic N) is 2. The maximum atomic E-state index is 12.3. The molecule has 108 valence electrons. The lowest BCUT2D eigenvalue weighted by Gasteiger charge is -2.45. The number of rotatable bonds is 3. The molecule has 3 nitrogen and oxygen atoms in total. The molecule has 1 unspecified atom stereocenters. The Bertz CT molecular complexity index is 571. The van der Waals surface area contributed by atoms with Crippen LogP contribution in [0.5, 0.6) is 0 Å². The van der Waals surface area contributed by atoms with E-state index in [4.69, 9.17) is 23.2 Å². The molecule has 1 aliphatic heterocycles. The second-order valence-corrected chi connectivity index (χ2v) is 7.12. The van der Waals surface area contributed by atoms with Gasteiger partial charge in [0.25, 0.3) is 0 Å². The summed E-state index contributed by atoms with van der Waals surface area (Å²) in [5.41, 5.74) is 0.575. The molecular formula is C13H14Cl2N2OS2. The maximum absolute atomic E-state index is 12.3. The van der Waals surface area contributed by atoms with Crippen molar-refractivity contribution < 1.29 is 4.79 Å². The molecule has 0 radical (unpaired) electrons. The van der Waals surface area contributed by atoms with Crippen molar-refractivity contribution in [2.24, 2.45) is 10.9 Å². The third kappa shape index (κ3) is 2.96. The van der Waals surface area contributed by atoms with Crippen molar-refractivity contribution in [3.63, 3.8) is 0 Å². The molecule has 1 atom stereocenters. The van der Waals surface area contributed by atoms with E-state index in [1.165, 1.54) is 0 Å². The smallest absolute Gasteiger partial charge is 0.160 e. The second kappa shape index (κ2) is 5.79. The Morgan fingerprint density at radius 2 is 1.90 bits per heavy atom. The van der Waals surface area contributed by atoms with Gasteiger partial charge in [-0.2, -0.15) is 12.6 Å². The number of amidine groups is 1. The van der Waals surface area contributed by atoms with Gasteiger partial charge in [-0.25, -0.2) is 4.99 Å². The summed E-state index contributed by atoms with van der Waals surface area (Å²) in [6.07, 6.45) is 0. The first-order chi connectivity index (χ1) is 9.24. The number of halogens is 2. The summed E-state index contributed by atoms with van der Waals surface area (Å²) in [4.78, 5) is 16.7. The number of benzene rings is 1. The van der Waals surface area contributed by atoms with E-state index in [-0.39, 0.29) is 11.7 Å². The van der Waals surface area contributed by atoms with Crippen molar-refractivity contribution in [2.45, 2.75) is 18.6 Å². The summed E-state index contributed by atoms with van der Waals surface area (Å²) < 4.78 is 0.701. The number of aliphatic imine (C=N–C) groups is 1. The van der Waals surface area contributed by atoms with Crippen LogP contribution in [0, 0.1) is 5.92 Å². The molecule has 1 fully saturated rings. The Hall–Kier alpha value is -0.360. The highest BCUT2D eigenvalue weighted by atomic mass is 35.5. The summed E-state index contributed by atoms with van der Waals surface area (Å²) in [6, 6.07) is 4.97. The van der Waals surface area contributed by atoms with Crippen molar-refractivity contribution in [3.05, 3.63) is 28.2 Å². The van der Waals surface area contributed by atoms with Crippen molar-refractivity contribution in [1.29, 1.82) is 0 Å². The molecule has 0 bridgehead atoms. The fourth-order valence-electron chi connectivity index (χ4n) is 2.03. The van der Waals surface area contributed by atoms with Crippen LogP contribution in [0.15, 0.2) is 23.2 Å². The minimum absolute atomic E-state index is 0.0259. The topological polar surface area (TPSA) is 32.7 Å². The van der Waals surface area contributed by atoms with Crippen LogP contribution in [0.4, 0.5) is 5.69 Å². The van der Waals surface area contributed by atoms with Gasteiger partial charge in [0.15, 0.2) is 5.78 Å². The third-order valence-electron chi connectivity index (χ3n) is 3.01. The molecule has 0 N–H and O–H groups in total. The van der Waals surface area contributed by atoms with Gasteiger partial charge >= 0.3 is 0 Å². The Kier molecular flexibility index (Phi) is 4.64. The molecule has 1 saturated heterocycles. The lowest BCUT2D eigenvalue weighted by molar-refractivity contribution is -0.123. The molecule has 0 spiro atoms. The molecule has 0 aromatic heterocycles. The summed E-state index contributed by atoms with van der Waals surface area (Å²) in [5, 5.41) is 0.976. The fraction of sp³-hybridized carbons (Fsp3) is 0.385. The molecule has 1 heterocycles. The molecule has 0 amide bonds. The van der Waals surface area contributed by atoms with Crippen LogP contribution in [-0.2, 0) is 4.79 Å². The van der Waals surface area contributed by atoms with Crippen LogP contribution in [0.2, 0.25) is 10.0 Å². The van der Waals surface area contributed by atoms with Crippen molar-refractivity contribution >= 4 is 66.0 Å². The van der Waals surface area contributed by atoms with Crippen LogP contribution >= 0.6 is 48.6 Å². The molecule has 2 rings (SSSR count). The number of carbonyl (C=O) groups is 1. The van der Waals surface area contributed by atoms with Crippen molar-refractivity contribution in [3.8, 4) is 0 Å². The first-order valence-electron chi connectivity index (χ1n) is 6.02. The van der Waals surface area contributed by atoms with E-state index >= 15 is 0 Å². The zero-order valence-corrected chi connectivity index (χ0v) is 14.3. The van der Waals surface area contributed by atoms with Crippen molar-refractivity contribution in [2.75, 3.05) is 6.54 Å². The minimum atomic E-state index is -0.898. The largest absolute Gasteiger partial charge is 0.303 e. The van der Waals surface area contributed by atoms with Gasteiger partial charge in [0, 0.05) is 16.0 Å². The van der Waals surface area contributed by atoms with Gasteiger partial charge in [-0.1, -0.05) is 49.9 Å². The van der Waals surface area contributed by atoms with E-state index < -0.39 is 4.75 Å². The highest BCUT2D eigenvalue weighted by Crippen LogP contribution is 2.37. The molecule has 0 saturated carbocycles. The molecule has 1 aromatic rings. The second-order valence-electron chi connectivity index (χ2n) is 5.00. The average Bonchev–Trinajstić information content (AvgIpc) is 2.33. The van der Waals surface area contributed by atoms with Gasteiger partial charge in [-0.05, 0) is 18.2 Å². The predicted octanol–water partition coefficient (Wildman–Crippen LogP) is 4.08. The van der Waals surface area contributed by atoms with Crippen LogP contribution in [0.25, 0.3) is 0 Å². The number of thiol groups is 2. The first-order valence-corrected chi connectivity index (χ1v) is 7.62. The number of Topliss-reactive ketones (excluding diaryl/α,β-unsaturated/α-hetero) is 1. The standard InChI is InChI=1S/C13H14Cl2N2OS2/c1-7(2)11(18)13(19)6-17(20)12(13)16-10-4-8(14)3-9(15)5-10/h3-5,7,19-20H,6H2,1-2H3. The third-order valence-corrected chi connectivity index (χ3v) is 4.34. The fourth-order valence-corrected chi connectivity index (χ4v) is 3.73. The van der Waals surface area contributed by atoms with Gasteiger partial charge < -0.3 is 4.31 Å². The van der Waals surface area contributed by atoms with E-state index in [0.717, 1.165) is 0 Å². The quantitative estimate of drug-likeness (QED) is 0.806. The highest BCUT2D eigenvalue weighted by Gasteiger charge is 2.52.